The summed E-state index contributed by atoms with van der Waals surface area (Å²) in [5, 5.41) is 15.3. The Morgan fingerprint density at radius 2 is 2.38 bits per heavy atom. The van der Waals surface area contributed by atoms with E-state index in [-0.39, 0.29) is 18.4 Å². The van der Waals surface area contributed by atoms with Gasteiger partial charge in [-0.3, -0.25) is 4.79 Å². The first-order valence-corrected chi connectivity index (χ1v) is 6.35. The number of fused-ring (bicyclic) bond motifs is 2. The smallest absolute Gasteiger partial charge is 0.224 e. The van der Waals surface area contributed by atoms with Crippen molar-refractivity contribution >= 4 is 5.91 Å². The van der Waals surface area contributed by atoms with Crippen LogP contribution in [0.3, 0.4) is 0 Å². The van der Waals surface area contributed by atoms with Gasteiger partial charge in [0.25, 0.3) is 0 Å². The molecule has 2 aliphatic rings. The van der Waals surface area contributed by atoms with Crippen LogP contribution in [0.1, 0.15) is 32.6 Å². The molecule has 0 aromatic rings. The van der Waals surface area contributed by atoms with Crippen LogP contribution in [-0.4, -0.2) is 36.2 Å². The largest absolute Gasteiger partial charge is 0.396 e. The van der Waals surface area contributed by atoms with Crippen molar-refractivity contribution in [3.8, 4) is 0 Å². The second kappa shape index (κ2) is 5.15. The summed E-state index contributed by atoms with van der Waals surface area (Å²) in [4.78, 5) is 11.9. The lowest BCUT2D eigenvalue weighted by atomic mass is 9.88. The lowest BCUT2D eigenvalue weighted by Gasteiger charge is -2.20. The van der Waals surface area contributed by atoms with Gasteiger partial charge in [-0.2, -0.15) is 0 Å². The molecule has 3 N–H and O–H groups in total. The zero-order valence-electron chi connectivity index (χ0n) is 9.91. The average molecular weight is 226 g/mol. The summed E-state index contributed by atoms with van der Waals surface area (Å²) in [5.74, 6) is 0.741. The van der Waals surface area contributed by atoms with Gasteiger partial charge in [-0.1, -0.05) is 6.92 Å². The molecule has 2 fully saturated rings. The minimum absolute atomic E-state index is 0.181. The summed E-state index contributed by atoms with van der Waals surface area (Å²) < 4.78 is 0. The molecule has 0 spiro atoms. The summed E-state index contributed by atoms with van der Waals surface area (Å²) in [6, 6.07) is 0.994. The number of hydrogen-bond acceptors (Lipinski definition) is 3. The molecule has 92 valence electrons. The number of nitrogens with one attached hydrogen (secondary N) is 2. The van der Waals surface area contributed by atoms with Crippen LogP contribution in [0.25, 0.3) is 0 Å². The van der Waals surface area contributed by atoms with Gasteiger partial charge < -0.3 is 15.7 Å². The number of carbonyl (C=O) groups excluding carboxylic acids is 1. The Morgan fingerprint density at radius 3 is 2.94 bits per heavy atom. The van der Waals surface area contributed by atoms with Gasteiger partial charge in [-0.25, -0.2) is 0 Å². The third-order valence-corrected chi connectivity index (χ3v) is 3.88. The van der Waals surface area contributed by atoms with Gasteiger partial charge in [0, 0.05) is 25.2 Å². The zero-order chi connectivity index (χ0) is 11.5. The fourth-order valence-electron chi connectivity index (χ4n) is 2.84. The third kappa shape index (κ3) is 2.55. The minimum atomic E-state index is 0.181. The summed E-state index contributed by atoms with van der Waals surface area (Å²) in [7, 11) is 0. The van der Waals surface area contributed by atoms with Crippen molar-refractivity contribution < 1.29 is 9.90 Å². The van der Waals surface area contributed by atoms with E-state index in [1.54, 1.807) is 0 Å². The average Bonchev–Trinajstić information content (AvgIpc) is 2.88. The van der Waals surface area contributed by atoms with Gasteiger partial charge >= 0.3 is 0 Å². The van der Waals surface area contributed by atoms with E-state index in [4.69, 9.17) is 5.11 Å². The highest BCUT2D eigenvalue weighted by atomic mass is 16.3. The Hall–Kier alpha value is -0.610. The third-order valence-electron chi connectivity index (χ3n) is 3.88. The van der Waals surface area contributed by atoms with E-state index in [9.17, 15) is 4.79 Å². The molecule has 4 heteroatoms. The lowest BCUT2D eigenvalue weighted by Crippen LogP contribution is -2.39. The SMILES string of the molecule is CC(CCO)CNC(=O)C1CC2CCC1N2. The quantitative estimate of drug-likeness (QED) is 0.630. The number of hydrogen-bond donors (Lipinski definition) is 3. The first kappa shape index (κ1) is 11.9. The maximum Gasteiger partial charge on any atom is 0.224 e. The van der Waals surface area contributed by atoms with Crippen molar-refractivity contribution in [3.05, 3.63) is 0 Å². The van der Waals surface area contributed by atoms with E-state index in [1.807, 2.05) is 0 Å². The van der Waals surface area contributed by atoms with Crippen molar-refractivity contribution in [1.29, 1.82) is 0 Å². The van der Waals surface area contributed by atoms with Crippen LogP contribution in [0.4, 0.5) is 0 Å². The van der Waals surface area contributed by atoms with Crippen molar-refractivity contribution in [2.75, 3.05) is 13.2 Å². The Labute approximate surface area is 96.8 Å². The molecule has 2 heterocycles. The van der Waals surface area contributed by atoms with Crippen molar-refractivity contribution in [2.24, 2.45) is 11.8 Å². The van der Waals surface area contributed by atoms with Crippen LogP contribution >= 0.6 is 0 Å². The van der Waals surface area contributed by atoms with Crippen molar-refractivity contribution in [3.63, 3.8) is 0 Å². The minimum Gasteiger partial charge on any atom is -0.396 e. The zero-order valence-corrected chi connectivity index (χ0v) is 9.91. The second-order valence-electron chi connectivity index (χ2n) is 5.25. The van der Waals surface area contributed by atoms with Crippen LogP contribution in [0.2, 0.25) is 0 Å². The number of amides is 1. The van der Waals surface area contributed by atoms with Crippen LogP contribution < -0.4 is 10.6 Å². The fraction of sp³-hybridized carbons (Fsp3) is 0.917. The molecule has 4 atom stereocenters. The molecule has 2 bridgehead atoms. The molecule has 4 nitrogen and oxygen atoms in total. The molecule has 0 aliphatic carbocycles. The van der Waals surface area contributed by atoms with E-state index in [0.717, 1.165) is 19.3 Å². The van der Waals surface area contributed by atoms with Crippen molar-refractivity contribution in [2.45, 2.75) is 44.7 Å². The number of aliphatic hydroxyl groups excluding tert-OH is 1. The molecular weight excluding hydrogens is 204 g/mol. The molecule has 2 aliphatic heterocycles. The maximum absolute atomic E-state index is 11.9. The molecule has 0 radical (unpaired) electrons. The van der Waals surface area contributed by atoms with E-state index in [2.05, 4.69) is 17.6 Å². The summed E-state index contributed by atoms with van der Waals surface area (Å²) in [6.07, 6.45) is 4.14. The van der Waals surface area contributed by atoms with Gasteiger partial charge in [0.2, 0.25) is 5.91 Å². The molecule has 0 aromatic carbocycles. The predicted octanol–water partition coefficient (Wildman–Crippen LogP) is 0.262. The summed E-state index contributed by atoms with van der Waals surface area (Å²) in [5.41, 5.74) is 0. The van der Waals surface area contributed by atoms with E-state index >= 15 is 0 Å². The molecule has 2 saturated heterocycles. The lowest BCUT2D eigenvalue weighted by molar-refractivity contribution is -0.125. The first-order valence-electron chi connectivity index (χ1n) is 6.35. The van der Waals surface area contributed by atoms with E-state index < -0.39 is 0 Å². The predicted molar refractivity (Wildman–Crippen MR) is 61.9 cm³/mol. The molecule has 0 saturated carbocycles. The van der Waals surface area contributed by atoms with Crippen LogP contribution in [0.5, 0.6) is 0 Å². The van der Waals surface area contributed by atoms with Gasteiger partial charge in [-0.05, 0) is 31.6 Å². The molecule has 4 unspecified atom stereocenters. The Balaban J connectivity index is 1.72. The van der Waals surface area contributed by atoms with Crippen LogP contribution in [0, 0.1) is 11.8 Å². The van der Waals surface area contributed by atoms with E-state index in [0.29, 0.717) is 24.5 Å². The Morgan fingerprint density at radius 1 is 1.56 bits per heavy atom. The van der Waals surface area contributed by atoms with Gasteiger partial charge in [0.05, 0.1) is 5.92 Å². The summed E-state index contributed by atoms with van der Waals surface area (Å²) in [6.45, 7) is 2.94. The fourth-order valence-corrected chi connectivity index (χ4v) is 2.84. The normalized spacial score (nSPS) is 34.0. The van der Waals surface area contributed by atoms with Gasteiger partial charge in [-0.15, -0.1) is 0 Å². The topological polar surface area (TPSA) is 61.4 Å². The van der Waals surface area contributed by atoms with Crippen molar-refractivity contribution in [1.82, 2.24) is 10.6 Å². The molecular formula is C12H22N2O2. The molecule has 16 heavy (non-hydrogen) atoms. The van der Waals surface area contributed by atoms with Crippen LogP contribution in [0.15, 0.2) is 0 Å². The maximum atomic E-state index is 11.9. The Kier molecular flexibility index (Phi) is 3.82. The highest BCUT2D eigenvalue weighted by molar-refractivity contribution is 5.80. The monoisotopic (exact) mass is 226 g/mol. The highest BCUT2D eigenvalue weighted by Gasteiger charge is 2.42. The number of rotatable bonds is 5. The summed E-state index contributed by atoms with van der Waals surface area (Å²) >= 11 is 0. The highest BCUT2D eigenvalue weighted by Crippen LogP contribution is 2.33. The number of carbonyl (C=O) groups is 1. The standard InChI is InChI=1S/C12H22N2O2/c1-8(4-5-15)7-13-12(16)10-6-9-2-3-11(10)14-9/h8-11,14-15H,2-7H2,1H3,(H,13,16). The first-order chi connectivity index (χ1) is 7.70. The van der Waals surface area contributed by atoms with Gasteiger partial charge in [0.1, 0.15) is 0 Å². The Bertz CT molecular complexity index is 257. The second-order valence-corrected chi connectivity index (χ2v) is 5.25. The van der Waals surface area contributed by atoms with Crippen LogP contribution in [-0.2, 0) is 4.79 Å². The molecule has 0 aromatic heterocycles. The number of aliphatic hydroxyl groups is 1. The van der Waals surface area contributed by atoms with Gasteiger partial charge in [0.15, 0.2) is 0 Å². The van der Waals surface area contributed by atoms with E-state index in [1.165, 1.54) is 6.42 Å². The molecule has 1 amide bonds. The molecule has 2 rings (SSSR count).